The Hall–Kier alpha value is -0.960. The third-order valence-corrected chi connectivity index (χ3v) is 7.55. The lowest BCUT2D eigenvalue weighted by atomic mass is 9.99. The highest BCUT2D eigenvalue weighted by molar-refractivity contribution is 7.91. The van der Waals surface area contributed by atoms with Gasteiger partial charge in [-0.15, -0.1) is 11.3 Å². The molecule has 2 aliphatic rings. The van der Waals surface area contributed by atoms with Crippen LogP contribution in [0.25, 0.3) is 0 Å². The van der Waals surface area contributed by atoms with Crippen molar-refractivity contribution in [2.75, 3.05) is 26.2 Å². The minimum atomic E-state index is -3.61. The Kier molecular flexibility index (Phi) is 5.05. The number of thiophene rings is 1. The lowest BCUT2D eigenvalue weighted by Gasteiger charge is -2.44. The topological polar surface area (TPSA) is 69.7 Å². The highest BCUT2D eigenvalue weighted by Crippen LogP contribution is 2.22. The lowest BCUT2D eigenvalue weighted by molar-refractivity contribution is -0.136. The highest BCUT2D eigenvalue weighted by atomic mass is 32.2. The van der Waals surface area contributed by atoms with Gasteiger partial charge in [0.1, 0.15) is 4.21 Å². The fraction of sp³-hybridized carbons (Fsp3) is 0.667. The maximum absolute atomic E-state index is 12.6. The van der Waals surface area contributed by atoms with Gasteiger partial charge >= 0.3 is 0 Å². The van der Waals surface area contributed by atoms with Crippen LogP contribution in [0.4, 0.5) is 0 Å². The van der Waals surface area contributed by atoms with E-state index in [1.807, 2.05) is 4.90 Å². The number of hydrogen-bond acceptors (Lipinski definition) is 5. The predicted octanol–water partition coefficient (Wildman–Crippen LogP) is 1.11. The number of carbonyl (C=O) groups excluding carboxylic acids is 1. The summed E-state index contributed by atoms with van der Waals surface area (Å²) in [6, 6.07) is 2.93. The standard InChI is InChI=1S/C15H23N3O3S2/c1-12(16-23(20,21)14-6-4-10-22-14)15(19)18-9-8-17-7-3-2-5-13(17)11-18/h4,6,10,12-13,16H,2-3,5,7-9,11H2,1H3. The fourth-order valence-corrected chi connectivity index (χ4v) is 5.59. The molecule has 0 radical (unpaired) electrons. The van der Waals surface area contributed by atoms with Crippen LogP contribution in [0.1, 0.15) is 26.2 Å². The number of carbonyl (C=O) groups is 1. The number of sulfonamides is 1. The first kappa shape index (κ1) is 16.9. The van der Waals surface area contributed by atoms with Crippen LogP contribution in [0, 0.1) is 0 Å². The SMILES string of the molecule is CC(NS(=O)(=O)c1cccs1)C(=O)N1CCN2CCCCC2C1. The second-order valence-electron chi connectivity index (χ2n) is 6.24. The van der Waals surface area contributed by atoms with Crippen LogP contribution >= 0.6 is 11.3 Å². The third kappa shape index (κ3) is 3.76. The van der Waals surface area contributed by atoms with E-state index in [4.69, 9.17) is 0 Å². The molecule has 1 N–H and O–H groups in total. The van der Waals surface area contributed by atoms with E-state index >= 15 is 0 Å². The number of nitrogens with zero attached hydrogens (tertiary/aromatic N) is 2. The molecule has 3 rings (SSSR count). The zero-order chi connectivity index (χ0) is 16.4. The van der Waals surface area contributed by atoms with Crippen molar-refractivity contribution in [3.05, 3.63) is 17.5 Å². The Morgan fingerprint density at radius 2 is 2.17 bits per heavy atom. The molecule has 6 nitrogen and oxygen atoms in total. The molecule has 0 bridgehead atoms. The average Bonchev–Trinajstić information content (AvgIpc) is 3.08. The molecule has 2 fully saturated rings. The van der Waals surface area contributed by atoms with Crippen LogP contribution in [0.5, 0.6) is 0 Å². The molecular weight excluding hydrogens is 334 g/mol. The molecule has 8 heteroatoms. The van der Waals surface area contributed by atoms with Gasteiger partial charge in [-0.3, -0.25) is 9.69 Å². The van der Waals surface area contributed by atoms with Crippen molar-refractivity contribution in [2.24, 2.45) is 0 Å². The van der Waals surface area contributed by atoms with Crippen molar-refractivity contribution >= 4 is 27.3 Å². The summed E-state index contributed by atoms with van der Waals surface area (Å²) >= 11 is 1.15. The maximum Gasteiger partial charge on any atom is 0.250 e. The molecule has 0 saturated carbocycles. The van der Waals surface area contributed by atoms with Gasteiger partial charge in [-0.25, -0.2) is 8.42 Å². The lowest BCUT2D eigenvalue weighted by Crippen LogP contribution is -2.59. The van der Waals surface area contributed by atoms with Gasteiger partial charge in [-0.05, 0) is 37.8 Å². The molecular formula is C15H23N3O3S2. The van der Waals surface area contributed by atoms with E-state index in [1.54, 1.807) is 24.4 Å². The minimum Gasteiger partial charge on any atom is -0.338 e. The summed E-state index contributed by atoms with van der Waals surface area (Å²) in [5.41, 5.74) is 0. The van der Waals surface area contributed by atoms with Crippen molar-refractivity contribution in [3.8, 4) is 0 Å². The van der Waals surface area contributed by atoms with E-state index in [9.17, 15) is 13.2 Å². The van der Waals surface area contributed by atoms with Crippen molar-refractivity contribution in [3.63, 3.8) is 0 Å². The highest BCUT2D eigenvalue weighted by Gasteiger charge is 2.33. The van der Waals surface area contributed by atoms with Gasteiger partial charge in [0.05, 0.1) is 6.04 Å². The van der Waals surface area contributed by atoms with Gasteiger partial charge in [0.25, 0.3) is 10.0 Å². The summed E-state index contributed by atoms with van der Waals surface area (Å²) in [6.07, 6.45) is 3.57. The van der Waals surface area contributed by atoms with E-state index in [-0.39, 0.29) is 10.1 Å². The number of fused-ring (bicyclic) bond motifs is 1. The second-order valence-corrected chi connectivity index (χ2v) is 9.13. The summed E-state index contributed by atoms with van der Waals surface area (Å²) < 4.78 is 27.2. The molecule has 128 valence electrons. The zero-order valence-electron chi connectivity index (χ0n) is 13.3. The third-order valence-electron chi connectivity index (χ3n) is 4.61. The molecule has 2 atom stereocenters. The molecule has 1 aromatic rings. The van der Waals surface area contributed by atoms with Gasteiger partial charge in [-0.1, -0.05) is 12.5 Å². The number of piperazine rings is 1. The van der Waals surface area contributed by atoms with Crippen LogP contribution in [0.15, 0.2) is 21.7 Å². The number of amides is 1. The molecule has 23 heavy (non-hydrogen) atoms. The molecule has 3 heterocycles. The van der Waals surface area contributed by atoms with Gasteiger partial charge in [-0.2, -0.15) is 4.72 Å². The van der Waals surface area contributed by atoms with Gasteiger partial charge in [0, 0.05) is 25.7 Å². The smallest absolute Gasteiger partial charge is 0.250 e. The van der Waals surface area contributed by atoms with E-state index in [0.29, 0.717) is 19.1 Å². The predicted molar refractivity (Wildman–Crippen MR) is 89.9 cm³/mol. The van der Waals surface area contributed by atoms with Gasteiger partial charge in [0.15, 0.2) is 0 Å². The monoisotopic (exact) mass is 357 g/mol. The molecule has 2 aliphatic heterocycles. The molecule has 1 amide bonds. The van der Waals surface area contributed by atoms with Crippen LogP contribution in [-0.4, -0.2) is 62.4 Å². The molecule has 1 aromatic heterocycles. The van der Waals surface area contributed by atoms with Crippen LogP contribution in [-0.2, 0) is 14.8 Å². The van der Waals surface area contributed by atoms with Crippen molar-refractivity contribution < 1.29 is 13.2 Å². The molecule has 0 spiro atoms. The quantitative estimate of drug-likeness (QED) is 0.876. The van der Waals surface area contributed by atoms with E-state index in [0.717, 1.165) is 30.8 Å². The number of rotatable bonds is 4. The van der Waals surface area contributed by atoms with Crippen molar-refractivity contribution in [1.82, 2.24) is 14.5 Å². The van der Waals surface area contributed by atoms with Crippen molar-refractivity contribution in [2.45, 2.75) is 42.5 Å². The fourth-order valence-electron chi connectivity index (χ4n) is 3.39. The Bertz CT molecular complexity index is 645. The normalized spacial score (nSPS) is 24.2. The largest absolute Gasteiger partial charge is 0.338 e. The van der Waals surface area contributed by atoms with E-state index in [1.165, 1.54) is 12.8 Å². The zero-order valence-corrected chi connectivity index (χ0v) is 14.9. The first-order valence-electron chi connectivity index (χ1n) is 8.06. The maximum atomic E-state index is 12.6. The molecule has 0 aromatic carbocycles. The first-order valence-corrected chi connectivity index (χ1v) is 10.4. The van der Waals surface area contributed by atoms with Crippen LogP contribution in [0.3, 0.4) is 0 Å². The van der Waals surface area contributed by atoms with E-state index in [2.05, 4.69) is 9.62 Å². The Balaban J connectivity index is 1.61. The summed E-state index contributed by atoms with van der Waals surface area (Å²) in [5, 5.41) is 1.71. The number of hydrogen-bond donors (Lipinski definition) is 1. The number of nitrogens with one attached hydrogen (secondary N) is 1. The Morgan fingerprint density at radius 1 is 1.35 bits per heavy atom. The number of piperidine rings is 1. The second kappa shape index (κ2) is 6.88. The van der Waals surface area contributed by atoms with Crippen LogP contribution < -0.4 is 4.72 Å². The summed E-state index contributed by atoms with van der Waals surface area (Å²) in [7, 11) is -3.61. The van der Waals surface area contributed by atoms with Crippen molar-refractivity contribution in [1.29, 1.82) is 0 Å². The summed E-state index contributed by atoms with van der Waals surface area (Å²) in [5.74, 6) is -0.129. The summed E-state index contributed by atoms with van der Waals surface area (Å²) in [6.45, 7) is 5.03. The van der Waals surface area contributed by atoms with Gasteiger partial charge < -0.3 is 4.90 Å². The Labute approximate surface area is 141 Å². The summed E-state index contributed by atoms with van der Waals surface area (Å²) in [4.78, 5) is 16.9. The average molecular weight is 358 g/mol. The minimum absolute atomic E-state index is 0.129. The molecule has 0 aliphatic carbocycles. The van der Waals surface area contributed by atoms with Crippen LogP contribution in [0.2, 0.25) is 0 Å². The Morgan fingerprint density at radius 3 is 2.91 bits per heavy atom. The first-order chi connectivity index (χ1) is 11.0. The molecule has 2 saturated heterocycles. The van der Waals surface area contributed by atoms with E-state index < -0.39 is 16.1 Å². The van der Waals surface area contributed by atoms with Gasteiger partial charge in [0.2, 0.25) is 5.91 Å². The molecule has 2 unspecified atom stereocenters.